The van der Waals surface area contributed by atoms with Crippen molar-refractivity contribution in [2.45, 2.75) is 19.4 Å². The van der Waals surface area contributed by atoms with E-state index in [1.807, 2.05) is 18.2 Å². The Morgan fingerprint density at radius 1 is 1.50 bits per heavy atom. The Hall–Kier alpha value is -2.01. The highest BCUT2D eigenvalue weighted by Crippen LogP contribution is 1.95. The first-order chi connectivity index (χ1) is 8.56. The Bertz CT molecular complexity index is 605. The molecule has 1 atom stereocenters. The third kappa shape index (κ3) is 2.81. The molecule has 0 aliphatic carbocycles. The molecular formula is C13H14N2O3. The minimum absolute atomic E-state index is 0.232. The fourth-order valence-corrected chi connectivity index (χ4v) is 1.73. The topological polar surface area (TPSA) is 78.8 Å². The molecule has 0 saturated carbocycles. The summed E-state index contributed by atoms with van der Waals surface area (Å²) in [7, 11) is 0. The number of benzene rings is 1. The van der Waals surface area contributed by atoms with Crippen molar-refractivity contribution in [3.63, 3.8) is 0 Å². The van der Waals surface area contributed by atoms with Crippen LogP contribution < -0.4 is 15.9 Å². The first kappa shape index (κ1) is 12.4. The molecule has 1 aromatic rings. The van der Waals surface area contributed by atoms with Crippen LogP contribution in [0.25, 0.3) is 6.08 Å². The van der Waals surface area contributed by atoms with Crippen LogP contribution >= 0.6 is 0 Å². The van der Waals surface area contributed by atoms with E-state index < -0.39 is 6.10 Å². The van der Waals surface area contributed by atoms with E-state index in [0.29, 0.717) is 18.3 Å². The molecule has 0 bridgehead atoms. The average molecular weight is 246 g/mol. The number of carbonyl (C=O) groups is 2. The number of aliphatic hydroxyl groups is 1. The highest BCUT2D eigenvalue weighted by Gasteiger charge is 2.07. The maximum absolute atomic E-state index is 11.1. The number of hydrogen-bond donors (Lipinski definition) is 2. The molecule has 18 heavy (non-hydrogen) atoms. The van der Waals surface area contributed by atoms with Gasteiger partial charge in [0.25, 0.3) is 5.91 Å². The van der Waals surface area contributed by atoms with Gasteiger partial charge in [-0.3, -0.25) is 9.59 Å². The third-order valence-corrected chi connectivity index (χ3v) is 2.70. The molecule has 0 saturated heterocycles. The fourth-order valence-electron chi connectivity index (χ4n) is 1.73. The van der Waals surface area contributed by atoms with E-state index in [1.54, 1.807) is 0 Å². The van der Waals surface area contributed by atoms with Crippen LogP contribution in [-0.2, 0) is 16.0 Å². The molecule has 5 heteroatoms. The lowest BCUT2D eigenvalue weighted by atomic mass is 10.1. The molecule has 2 rings (SSSR count). The van der Waals surface area contributed by atoms with Crippen LogP contribution in [0, 0.1) is 0 Å². The summed E-state index contributed by atoms with van der Waals surface area (Å²) in [6.07, 6.45) is 1.14. The quantitative estimate of drug-likeness (QED) is 0.690. The van der Waals surface area contributed by atoms with Gasteiger partial charge < -0.3 is 10.4 Å². The monoisotopic (exact) mass is 246 g/mol. The molecular weight excluding hydrogens is 232 g/mol. The van der Waals surface area contributed by atoms with Gasteiger partial charge in [0.15, 0.2) is 0 Å². The van der Waals surface area contributed by atoms with E-state index in [-0.39, 0.29) is 11.8 Å². The summed E-state index contributed by atoms with van der Waals surface area (Å²) in [5, 5.41) is 13.1. The van der Waals surface area contributed by atoms with Gasteiger partial charge in [-0.05, 0) is 25.0 Å². The largest absolute Gasteiger partial charge is 0.384 e. The zero-order valence-corrected chi connectivity index (χ0v) is 10.0. The number of hydrogen-bond acceptors (Lipinski definition) is 3. The first-order valence-corrected chi connectivity index (χ1v) is 5.75. The molecule has 1 aromatic carbocycles. The van der Waals surface area contributed by atoms with E-state index in [4.69, 9.17) is 5.11 Å². The van der Waals surface area contributed by atoms with Crippen LogP contribution in [0.4, 0.5) is 0 Å². The van der Waals surface area contributed by atoms with Crippen molar-refractivity contribution in [3.8, 4) is 0 Å². The van der Waals surface area contributed by atoms with Gasteiger partial charge in [0.2, 0.25) is 5.91 Å². The summed E-state index contributed by atoms with van der Waals surface area (Å²) >= 11 is 0. The Kier molecular flexibility index (Phi) is 3.53. The van der Waals surface area contributed by atoms with E-state index in [9.17, 15) is 9.59 Å². The fraction of sp³-hybridized carbons (Fsp3) is 0.308. The van der Waals surface area contributed by atoms with Gasteiger partial charge in [-0.1, -0.05) is 12.1 Å². The van der Waals surface area contributed by atoms with Crippen LogP contribution in [0.15, 0.2) is 23.2 Å². The van der Waals surface area contributed by atoms with Crippen molar-refractivity contribution in [1.29, 1.82) is 0 Å². The molecule has 1 heterocycles. The average Bonchev–Trinajstić information content (AvgIpc) is 2.68. The molecule has 0 aromatic heterocycles. The SMILES string of the molecule is C[C@@H](O)C(=O)NCCc1ccc2c(c1)=NC(=O)C=2. The number of fused-ring (bicyclic) bond motifs is 1. The predicted octanol–water partition coefficient (Wildman–Crippen LogP) is -1.33. The van der Waals surface area contributed by atoms with Crippen LogP contribution in [-0.4, -0.2) is 29.6 Å². The van der Waals surface area contributed by atoms with Crippen molar-refractivity contribution in [2.24, 2.45) is 4.99 Å². The van der Waals surface area contributed by atoms with Gasteiger partial charge >= 0.3 is 0 Å². The Labute approximate surface area is 104 Å². The van der Waals surface area contributed by atoms with Crippen molar-refractivity contribution in [3.05, 3.63) is 34.3 Å². The first-order valence-electron chi connectivity index (χ1n) is 5.75. The van der Waals surface area contributed by atoms with Crippen LogP contribution in [0.5, 0.6) is 0 Å². The van der Waals surface area contributed by atoms with E-state index >= 15 is 0 Å². The summed E-state index contributed by atoms with van der Waals surface area (Å²) < 4.78 is 0. The minimum atomic E-state index is -0.993. The smallest absolute Gasteiger partial charge is 0.270 e. The van der Waals surface area contributed by atoms with Crippen LogP contribution in [0.2, 0.25) is 0 Å². The van der Waals surface area contributed by atoms with Gasteiger partial charge in [-0.15, -0.1) is 0 Å². The summed E-state index contributed by atoms with van der Waals surface area (Å²) in [6, 6.07) is 5.58. The van der Waals surface area contributed by atoms with E-state index in [1.165, 1.54) is 13.0 Å². The maximum Gasteiger partial charge on any atom is 0.270 e. The van der Waals surface area contributed by atoms with Gasteiger partial charge in [0, 0.05) is 17.8 Å². The molecule has 2 N–H and O–H groups in total. The number of amides is 2. The molecule has 2 amide bonds. The predicted molar refractivity (Wildman–Crippen MR) is 65.1 cm³/mol. The number of nitrogens with one attached hydrogen (secondary N) is 1. The summed E-state index contributed by atoms with van der Waals surface area (Å²) in [5.41, 5.74) is 0.992. The van der Waals surface area contributed by atoms with Crippen LogP contribution in [0.1, 0.15) is 12.5 Å². The number of carbonyl (C=O) groups excluding carboxylic acids is 2. The second-order valence-electron chi connectivity index (χ2n) is 4.20. The summed E-state index contributed by atoms with van der Waals surface area (Å²) in [5.74, 6) is -0.617. The Morgan fingerprint density at radius 2 is 2.28 bits per heavy atom. The van der Waals surface area contributed by atoms with E-state index in [0.717, 1.165) is 10.8 Å². The number of rotatable bonds is 4. The minimum Gasteiger partial charge on any atom is -0.384 e. The van der Waals surface area contributed by atoms with Crippen molar-refractivity contribution in [2.75, 3.05) is 6.54 Å². The molecule has 0 spiro atoms. The van der Waals surface area contributed by atoms with Crippen LogP contribution in [0.3, 0.4) is 0 Å². The van der Waals surface area contributed by atoms with Crippen molar-refractivity contribution >= 4 is 17.9 Å². The molecule has 5 nitrogen and oxygen atoms in total. The normalized spacial score (nSPS) is 14.4. The van der Waals surface area contributed by atoms with E-state index in [2.05, 4.69) is 10.3 Å². The molecule has 94 valence electrons. The van der Waals surface area contributed by atoms with Gasteiger partial charge in [-0.25, -0.2) is 4.99 Å². The number of aliphatic hydroxyl groups excluding tert-OH is 1. The summed E-state index contributed by atoms with van der Waals surface area (Å²) in [6.45, 7) is 1.87. The zero-order valence-electron chi connectivity index (χ0n) is 10.0. The second kappa shape index (κ2) is 5.10. The maximum atomic E-state index is 11.1. The van der Waals surface area contributed by atoms with Crippen molar-refractivity contribution in [1.82, 2.24) is 5.32 Å². The molecule has 1 aliphatic heterocycles. The lowest BCUT2D eigenvalue weighted by Gasteiger charge is -2.06. The standard InChI is InChI=1S/C13H14N2O3/c1-8(16)13(18)14-5-4-9-2-3-10-7-12(17)15-11(10)6-9/h2-3,6-8,16H,4-5H2,1H3,(H,14,18)/t8-/m1/s1. The number of nitrogens with zero attached hydrogens (tertiary/aromatic N) is 1. The van der Waals surface area contributed by atoms with Gasteiger partial charge in [-0.2, -0.15) is 0 Å². The summed E-state index contributed by atoms with van der Waals surface area (Å²) in [4.78, 5) is 26.1. The van der Waals surface area contributed by atoms with Gasteiger partial charge in [0.1, 0.15) is 6.10 Å². The van der Waals surface area contributed by atoms with Gasteiger partial charge in [0.05, 0.1) is 5.36 Å². The lowest BCUT2D eigenvalue weighted by Crippen LogP contribution is -2.34. The molecule has 1 aliphatic rings. The molecule has 0 fully saturated rings. The lowest BCUT2D eigenvalue weighted by molar-refractivity contribution is -0.128. The van der Waals surface area contributed by atoms with Crippen molar-refractivity contribution < 1.29 is 14.7 Å². The zero-order chi connectivity index (χ0) is 13.1. The highest BCUT2D eigenvalue weighted by atomic mass is 16.3. The molecule has 0 unspecified atom stereocenters. The Morgan fingerprint density at radius 3 is 3.00 bits per heavy atom. The second-order valence-corrected chi connectivity index (χ2v) is 4.20. The highest BCUT2D eigenvalue weighted by molar-refractivity contribution is 6.06. The Balaban J connectivity index is 1.99. The third-order valence-electron chi connectivity index (χ3n) is 2.70. The molecule has 0 radical (unpaired) electrons.